The number of piperazine rings is 1. The molecule has 0 aliphatic carbocycles. The van der Waals surface area contributed by atoms with Gasteiger partial charge in [0.15, 0.2) is 0 Å². The van der Waals surface area contributed by atoms with Crippen molar-refractivity contribution in [3.05, 3.63) is 40.5 Å². The van der Waals surface area contributed by atoms with Gasteiger partial charge in [-0.3, -0.25) is 0 Å². The highest BCUT2D eigenvalue weighted by Gasteiger charge is 2.19. The van der Waals surface area contributed by atoms with Crippen LogP contribution in [0.1, 0.15) is 13.3 Å². The van der Waals surface area contributed by atoms with Gasteiger partial charge in [0.1, 0.15) is 0 Å². The summed E-state index contributed by atoms with van der Waals surface area (Å²) in [5.74, 6) is 0. The fourth-order valence-electron chi connectivity index (χ4n) is 2.22. The third-order valence-corrected chi connectivity index (χ3v) is 3.92. The highest BCUT2D eigenvalue weighted by molar-refractivity contribution is 6.36. The minimum absolute atomic E-state index is 0.682. The number of hydrogen-bond donors (Lipinski definition) is 0. The van der Waals surface area contributed by atoms with E-state index in [2.05, 4.69) is 23.3 Å². The van der Waals surface area contributed by atoms with Crippen LogP contribution in [0.15, 0.2) is 30.5 Å². The van der Waals surface area contributed by atoms with Crippen LogP contribution in [0.4, 0.5) is 5.69 Å². The van der Waals surface area contributed by atoms with Gasteiger partial charge < -0.3 is 9.80 Å². The van der Waals surface area contributed by atoms with Crippen LogP contribution in [0.5, 0.6) is 0 Å². The predicted molar refractivity (Wildman–Crippen MR) is 79.7 cm³/mol. The zero-order chi connectivity index (χ0) is 13.1. The Morgan fingerprint density at radius 3 is 2.44 bits per heavy atom. The van der Waals surface area contributed by atoms with Gasteiger partial charge in [0.25, 0.3) is 0 Å². The minimum atomic E-state index is 0.682. The van der Waals surface area contributed by atoms with Crippen molar-refractivity contribution in [1.82, 2.24) is 4.90 Å². The average Bonchev–Trinajstić information content (AvgIpc) is 2.38. The van der Waals surface area contributed by atoms with Crippen LogP contribution in [0, 0.1) is 0 Å². The zero-order valence-corrected chi connectivity index (χ0v) is 12.1. The van der Waals surface area contributed by atoms with Crippen molar-refractivity contribution in [2.45, 2.75) is 13.3 Å². The molecule has 0 aromatic heterocycles. The lowest BCUT2D eigenvalue weighted by Gasteiger charge is -2.38. The van der Waals surface area contributed by atoms with E-state index < -0.39 is 0 Å². The summed E-state index contributed by atoms with van der Waals surface area (Å²) in [7, 11) is 0. The van der Waals surface area contributed by atoms with Gasteiger partial charge in [0.05, 0.1) is 10.7 Å². The number of anilines is 1. The Bertz CT molecular complexity index is 437. The van der Waals surface area contributed by atoms with E-state index in [1.54, 1.807) is 6.07 Å². The van der Waals surface area contributed by atoms with Crippen molar-refractivity contribution in [2.75, 3.05) is 31.1 Å². The number of nitrogens with zero attached hydrogens (tertiary/aromatic N) is 2. The second-order valence-electron chi connectivity index (χ2n) is 4.49. The van der Waals surface area contributed by atoms with E-state index in [0.29, 0.717) is 5.02 Å². The second-order valence-corrected chi connectivity index (χ2v) is 5.33. The molecule has 0 radical (unpaired) electrons. The molecule has 2 rings (SSSR count). The van der Waals surface area contributed by atoms with Gasteiger partial charge in [0, 0.05) is 36.9 Å². The average molecular weight is 285 g/mol. The fourth-order valence-corrected chi connectivity index (χ4v) is 2.75. The van der Waals surface area contributed by atoms with Gasteiger partial charge in [-0.15, -0.1) is 0 Å². The van der Waals surface area contributed by atoms with Crippen molar-refractivity contribution in [3.63, 3.8) is 0 Å². The summed E-state index contributed by atoms with van der Waals surface area (Å²) in [4.78, 5) is 4.65. The maximum Gasteiger partial charge on any atom is 0.0654 e. The molecule has 2 nitrogen and oxygen atoms in total. The van der Waals surface area contributed by atoms with Crippen LogP contribution in [0.25, 0.3) is 0 Å². The second kappa shape index (κ2) is 5.85. The van der Waals surface area contributed by atoms with Crippen LogP contribution in [0.3, 0.4) is 0 Å². The summed E-state index contributed by atoms with van der Waals surface area (Å²) >= 11 is 12.1. The molecule has 1 aliphatic rings. The number of halogens is 2. The summed E-state index contributed by atoms with van der Waals surface area (Å²) in [5, 5.41) is 1.41. The first kappa shape index (κ1) is 13.6. The lowest BCUT2D eigenvalue weighted by molar-refractivity contribution is 0.315. The molecular formula is C14H18Cl2N2. The molecule has 1 aliphatic heterocycles. The van der Waals surface area contributed by atoms with Crippen LogP contribution in [-0.2, 0) is 0 Å². The lowest BCUT2D eigenvalue weighted by atomic mass is 10.2. The van der Waals surface area contributed by atoms with E-state index in [4.69, 9.17) is 23.2 Å². The summed E-state index contributed by atoms with van der Waals surface area (Å²) in [6.45, 7) is 10.2. The van der Waals surface area contributed by atoms with Crippen LogP contribution >= 0.6 is 23.2 Å². The van der Waals surface area contributed by atoms with Crippen LogP contribution in [0.2, 0.25) is 10.0 Å². The van der Waals surface area contributed by atoms with E-state index >= 15 is 0 Å². The molecule has 1 saturated heterocycles. The Labute approximate surface area is 119 Å². The molecule has 1 aromatic carbocycles. The van der Waals surface area contributed by atoms with Gasteiger partial charge in [-0.1, -0.05) is 36.7 Å². The Morgan fingerprint density at radius 2 is 1.89 bits per heavy atom. The SMILES string of the molecule is C=C(CC)N1CCN(c2ccc(Cl)cc2Cl)CC1. The molecule has 4 heteroatoms. The van der Waals surface area contributed by atoms with Crippen LogP contribution < -0.4 is 4.90 Å². The molecule has 1 heterocycles. The quantitative estimate of drug-likeness (QED) is 0.827. The van der Waals surface area contributed by atoms with E-state index in [9.17, 15) is 0 Å². The third kappa shape index (κ3) is 2.93. The highest BCUT2D eigenvalue weighted by atomic mass is 35.5. The minimum Gasteiger partial charge on any atom is -0.372 e. The molecule has 0 bridgehead atoms. The molecule has 1 aromatic rings. The Balaban J connectivity index is 2.03. The number of hydrogen-bond acceptors (Lipinski definition) is 2. The molecule has 0 spiro atoms. The molecule has 0 amide bonds. The smallest absolute Gasteiger partial charge is 0.0654 e. The maximum absolute atomic E-state index is 6.23. The van der Waals surface area contributed by atoms with Crippen molar-refractivity contribution in [2.24, 2.45) is 0 Å². The highest BCUT2D eigenvalue weighted by Crippen LogP contribution is 2.29. The molecule has 0 N–H and O–H groups in total. The van der Waals surface area contributed by atoms with Gasteiger partial charge in [0.2, 0.25) is 0 Å². The largest absolute Gasteiger partial charge is 0.372 e. The van der Waals surface area contributed by atoms with E-state index in [0.717, 1.165) is 43.3 Å². The van der Waals surface area contributed by atoms with E-state index in [1.165, 1.54) is 5.70 Å². The first-order chi connectivity index (χ1) is 8.61. The summed E-state index contributed by atoms with van der Waals surface area (Å²) < 4.78 is 0. The van der Waals surface area contributed by atoms with E-state index in [-0.39, 0.29) is 0 Å². The summed E-state index contributed by atoms with van der Waals surface area (Å²) in [6.07, 6.45) is 1.02. The molecule has 0 saturated carbocycles. The van der Waals surface area contributed by atoms with Gasteiger partial charge in [-0.25, -0.2) is 0 Å². The molecule has 18 heavy (non-hydrogen) atoms. The first-order valence-electron chi connectivity index (χ1n) is 6.24. The Kier molecular flexibility index (Phi) is 4.41. The van der Waals surface area contributed by atoms with Crippen LogP contribution in [-0.4, -0.2) is 31.1 Å². The van der Waals surface area contributed by atoms with Crippen molar-refractivity contribution in [1.29, 1.82) is 0 Å². The fraction of sp³-hybridized carbons (Fsp3) is 0.429. The maximum atomic E-state index is 6.23. The number of benzene rings is 1. The van der Waals surface area contributed by atoms with Crippen molar-refractivity contribution < 1.29 is 0 Å². The molecular weight excluding hydrogens is 267 g/mol. The van der Waals surface area contributed by atoms with Crippen molar-refractivity contribution >= 4 is 28.9 Å². The number of rotatable bonds is 3. The van der Waals surface area contributed by atoms with Gasteiger partial charge in [-0.05, 0) is 24.6 Å². The lowest BCUT2D eigenvalue weighted by Crippen LogP contribution is -2.45. The molecule has 0 atom stereocenters. The standard InChI is InChI=1S/C14H18Cl2N2/c1-3-11(2)17-6-8-18(9-7-17)14-5-4-12(15)10-13(14)16/h4-5,10H,2-3,6-9H2,1H3. The van der Waals surface area contributed by atoms with Gasteiger partial charge >= 0.3 is 0 Å². The molecule has 98 valence electrons. The first-order valence-corrected chi connectivity index (χ1v) is 7.00. The molecule has 1 fully saturated rings. The van der Waals surface area contributed by atoms with Crippen molar-refractivity contribution in [3.8, 4) is 0 Å². The number of allylic oxidation sites excluding steroid dienone is 1. The van der Waals surface area contributed by atoms with Gasteiger partial charge in [-0.2, -0.15) is 0 Å². The normalized spacial score (nSPS) is 15.9. The summed E-state index contributed by atoms with van der Waals surface area (Å²) in [5.41, 5.74) is 2.29. The Morgan fingerprint density at radius 1 is 1.22 bits per heavy atom. The molecule has 0 unspecified atom stereocenters. The third-order valence-electron chi connectivity index (χ3n) is 3.39. The van der Waals surface area contributed by atoms with E-state index in [1.807, 2.05) is 12.1 Å². The topological polar surface area (TPSA) is 6.48 Å². The predicted octanol–water partition coefficient (Wildman–Crippen LogP) is 4.04. The Hall–Kier alpha value is -0.860. The zero-order valence-electron chi connectivity index (χ0n) is 10.6. The monoisotopic (exact) mass is 284 g/mol. The summed E-state index contributed by atoms with van der Waals surface area (Å²) in [6, 6.07) is 5.69.